The molecule has 0 radical (unpaired) electrons. The molecule has 1 aliphatic rings. The number of hydrogen-bond acceptors (Lipinski definition) is 4. The van der Waals surface area contributed by atoms with Gasteiger partial charge in [-0.25, -0.2) is 4.98 Å². The molecule has 1 fully saturated rings. The van der Waals surface area contributed by atoms with Crippen molar-refractivity contribution >= 4 is 17.2 Å². The van der Waals surface area contributed by atoms with E-state index in [1.165, 1.54) is 24.2 Å². The summed E-state index contributed by atoms with van der Waals surface area (Å²) in [6.45, 7) is 1.11. The largest absolute Gasteiger partial charge is 0.365 e. The third-order valence-electron chi connectivity index (χ3n) is 2.82. The monoisotopic (exact) mass is 225 g/mol. The molecule has 0 saturated carbocycles. The lowest BCUT2D eigenvalue weighted by Gasteiger charge is -2.30. The minimum Gasteiger partial charge on any atom is -0.365 e. The molecule has 1 amide bonds. The highest BCUT2D eigenvalue weighted by Crippen LogP contribution is 2.31. The van der Waals surface area contributed by atoms with E-state index in [2.05, 4.69) is 16.9 Å². The number of thiazole rings is 1. The van der Waals surface area contributed by atoms with Crippen LogP contribution in [0.25, 0.3) is 0 Å². The van der Waals surface area contributed by atoms with Crippen LogP contribution >= 0.6 is 11.3 Å². The Morgan fingerprint density at radius 1 is 1.67 bits per heavy atom. The standard InChI is InChI=1S/C10H15N3OS/c1-13-5-3-2-4-7(13)10-12-6-8(15-10)9(11)14/h6-7H,2-5H2,1H3,(H2,11,14)/t7-/m1/s1. The van der Waals surface area contributed by atoms with Crippen LogP contribution in [0.4, 0.5) is 0 Å². The van der Waals surface area contributed by atoms with Gasteiger partial charge in [-0.1, -0.05) is 6.42 Å². The Morgan fingerprint density at radius 3 is 3.07 bits per heavy atom. The molecular weight excluding hydrogens is 210 g/mol. The van der Waals surface area contributed by atoms with Gasteiger partial charge in [0.2, 0.25) is 0 Å². The predicted molar refractivity (Wildman–Crippen MR) is 59.9 cm³/mol. The number of carbonyl (C=O) groups excluding carboxylic acids is 1. The summed E-state index contributed by atoms with van der Waals surface area (Å²) >= 11 is 1.42. The molecule has 1 atom stereocenters. The summed E-state index contributed by atoms with van der Waals surface area (Å²) in [5.74, 6) is -0.378. The summed E-state index contributed by atoms with van der Waals surface area (Å²) in [6.07, 6.45) is 5.20. The van der Waals surface area contributed by atoms with Gasteiger partial charge in [0.1, 0.15) is 9.88 Å². The molecule has 1 aromatic rings. The zero-order valence-electron chi connectivity index (χ0n) is 8.77. The van der Waals surface area contributed by atoms with Crippen LogP contribution < -0.4 is 5.73 Å². The maximum Gasteiger partial charge on any atom is 0.260 e. The second-order valence-corrected chi connectivity index (χ2v) is 4.98. The van der Waals surface area contributed by atoms with Crippen molar-refractivity contribution < 1.29 is 4.79 Å². The van der Waals surface area contributed by atoms with Crippen molar-refractivity contribution in [2.75, 3.05) is 13.6 Å². The molecule has 5 heteroatoms. The van der Waals surface area contributed by atoms with Crippen LogP contribution in [0.3, 0.4) is 0 Å². The smallest absolute Gasteiger partial charge is 0.260 e. The van der Waals surface area contributed by atoms with Gasteiger partial charge in [-0.2, -0.15) is 0 Å². The van der Waals surface area contributed by atoms with Crippen molar-refractivity contribution in [2.24, 2.45) is 5.73 Å². The van der Waals surface area contributed by atoms with E-state index < -0.39 is 0 Å². The van der Waals surface area contributed by atoms with E-state index in [1.807, 2.05) is 0 Å². The Balaban J connectivity index is 2.17. The molecule has 0 spiro atoms. The van der Waals surface area contributed by atoms with Crippen LogP contribution in [-0.2, 0) is 0 Å². The van der Waals surface area contributed by atoms with Gasteiger partial charge in [0, 0.05) is 0 Å². The topological polar surface area (TPSA) is 59.2 Å². The molecule has 2 heterocycles. The van der Waals surface area contributed by atoms with Gasteiger partial charge < -0.3 is 5.73 Å². The second kappa shape index (κ2) is 4.28. The molecule has 0 bridgehead atoms. The summed E-state index contributed by atoms with van der Waals surface area (Å²) in [6, 6.07) is 0.372. The van der Waals surface area contributed by atoms with Crippen LogP contribution in [0, 0.1) is 0 Å². The highest BCUT2D eigenvalue weighted by molar-refractivity contribution is 7.13. The minimum absolute atomic E-state index is 0.372. The molecule has 4 nitrogen and oxygen atoms in total. The number of carbonyl (C=O) groups is 1. The summed E-state index contributed by atoms with van der Waals surface area (Å²) in [7, 11) is 2.11. The first kappa shape index (κ1) is 10.6. The first-order valence-electron chi connectivity index (χ1n) is 5.14. The van der Waals surface area contributed by atoms with E-state index in [4.69, 9.17) is 5.73 Å². The zero-order valence-corrected chi connectivity index (χ0v) is 9.59. The molecule has 15 heavy (non-hydrogen) atoms. The maximum absolute atomic E-state index is 11.0. The number of amides is 1. The molecule has 0 aliphatic carbocycles. The Kier molecular flexibility index (Phi) is 3.02. The van der Waals surface area contributed by atoms with Gasteiger partial charge >= 0.3 is 0 Å². The van der Waals surface area contributed by atoms with Gasteiger partial charge in [0.05, 0.1) is 12.2 Å². The number of likely N-dealkylation sites (tertiary alicyclic amines) is 1. The number of primary amides is 1. The molecule has 82 valence electrons. The molecule has 1 aliphatic heterocycles. The van der Waals surface area contributed by atoms with Crippen molar-refractivity contribution in [3.05, 3.63) is 16.1 Å². The summed E-state index contributed by atoms with van der Waals surface area (Å²) < 4.78 is 0. The number of hydrogen-bond donors (Lipinski definition) is 1. The summed E-state index contributed by atoms with van der Waals surface area (Å²) in [5.41, 5.74) is 5.21. The van der Waals surface area contributed by atoms with E-state index in [9.17, 15) is 4.79 Å². The molecule has 1 aromatic heterocycles. The lowest BCUT2D eigenvalue weighted by Crippen LogP contribution is -2.29. The van der Waals surface area contributed by atoms with E-state index in [-0.39, 0.29) is 5.91 Å². The number of rotatable bonds is 2. The molecule has 1 saturated heterocycles. The van der Waals surface area contributed by atoms with E-state index in [1.54, 1.807) is 6.20 Å². The summed E-state index contributed by atoms with van der Waals surface area (Å²) in [5, 5.41) is 1.02. The number of aromatic nitrogens is 1. The van der Waals surface area contributed by atoms with Crippen molar-refractivity contribution in [3.63, 3.8) is 0 Å². The van der Waals surface area contributed by atoms with Crippen molar-refractivity contribution in [2.45, 2.75) is 25.3 Å². The number of nitrogens with zero attached hydrogens (tertiary/aromatic N) is 2. The van der Waals surface area contributed by atoms with Gasteiger partial charge in [-0.15, -0.1) is 11.3 Å². The molecular formula is C10H15N3OS. The lowest BCUT2D eigenvalue weighted by molar-refractivity contribution is 0.100. The minimum atomic E-state index is -0.378. The summed E-state index contributed by atoms with van der Waals surface area (Å²) in [4.78, 5) is 18.1. The molecule has 2 rings (SSSR count). The van der Waals surface area contributed by atoms with Crippen LogP contribution in [0.1, 0.15) is 40.0 Å². The lowest BCUT2D eigenvalue weighted by atomic mass is 10.0. The Morgan fingerprint density at radius 2 is 2.47 bits per heavy atom. The fourth-order valence-corrected chi connectivity index (χ4v) is 2.91. The Labute approximate surface area is 93.1 Å². The van der Waals surface area contributed by atoms with Gasteiger partial charge in [-0.3, -0.25) is 9.69 Å². The fraction of sp³-hybridized carbons (Fsp3) is 0.600. The molecule has 2 N–H and O–H groups in total. The molecule has 0 unspecified atom stereocenters. The average molecular weight is 225 g/mol. The van der Waals surface area contributed by atoms with Crippen LogP contribution in [0.2, 0.25) is 0 Å². The third kappa shape index (κ3) is 2.18. The van der Waals surface area contributed by atoms with Crippen LogP contribution in [-0.4, -0.2) is 29.4 Å². The van der Waals surface area contributed by atoms with E-state index in [0.717, 1.165) is 18.0 Å². The second-order valence-electron chi connectivity index (χ2n) is 3.92. The van der Waals surface area contributed by atoms with Gasteiger partial charge in [-0.05, 0) is 26.4 Å². The van der Waals surface area contributed by atoms with Crippen molar-refractivity contribution in [1.29, 1.82) is 0 Å². The average Bonchev–Trinajstić information content (AvgIpc) is 2.67. The first-order chi connectivity index (χ1) is 7.18. The van der Waals surface area contributed by atoms with E-state index >= 15 is 0 Å². The van der Waals surface area contributed by atoms with Gasteiger partial charge in [0.15, 0.2) is 0 Å². The van der Waals surface area contributed by atoms with Crippen LogP contribution in [0.15, 0.2) is 6.20 Å². The van der Waals surface area contributed by atoms with Crippen molar-refractivity contribution in [3.8, 4) is 0 Å². The SMILES string of the molecule is CN1CCCC[C@@H]1c1ncc(C(N)=O)s1. The van der Waals surface area contributed by atoms with E-state index in [0.29, 0.717) is 10.9 Å². The maximum atomic E-state index is 11.0. The third-order valence-corrected chi connectivity index (χ3v) is 3.94. The highest BCUT2D eigenvalue weighted by atomic mass is 32.1. The normalized spacial score (nSPS) is 22.9. The quantitative estimate of drug-likeness (QED) is 0.827. The first-order valence-corrected chi connectivity index (χ1v) is 5.96. The van der Waals surface area contributed by atoms with Gasteiger partial charge in [0.25, 0.3) is 5.91 Å². The fourth-order valence-electron chi connectivity index (χ4n) is 1.94. The number of nitrogens with two attached hydrogens (primary N) is 1. The predicted octanol–water partition coefficient (Wildman–Crippen LogP) is 1.40. The zero-order chi connectivity index (χ0) is 10.8. The molecule has 0 aromatic carbocycles. The van der Waals surface area contributed by atoms with Crippen LogP contribution in [0.5, 0.6) is 0 Å². The highest BCUT2D eigenvalue weighted by Gasteiger charge is 2.23. The van der Waals surface area contributed by atoms with Crippen molar-refractivity contribution in [1.82, 2.24) is 9.88 Å². The Bertz CT molecular complexity index is 363. The Hall–Kier alpha value is -0.940. The number of piperidine rings is 1.